The summed E-state index contributed by atoms with van der Waals surface area (Å²) in [4.78, 5) is 13.7. The van der Waals surface area contributed by atoms with E-state index in [1.54, 1.807) is 19.3 Å². The highest BCUT2D eigenvalue weighted by molar-refractivity contribution is 5.94. The third kappa shape index (κ3) is 1.19. The Bertz CT molecular complexity index is 456. The van der Waals surface area contributed by atoms with Gasteiger partial charge in [-0.15, -0.1) is 0 Å². The summed E-state index contributed by atoms with van der Waals surface area (Å²) in [5.74, 6) is -1.02. The summed E-state index contributed by atoms with van der Waals surface area (Å²) in [7, 11) is 0. The van der Waals surface area contributed by atoms with Crippen molar-refractivity contribution in [2.45, 2.75) is 6.92 Å². The number of nitrogens with one attached hydrogen (secondary N) is 2. The van der Waals surface area contributed by atoms with E-state index in [4.69, 9.17) is 5.11 Å². The first-order valence-corrected chi connectivity index (χ1v) is 4.11. The lowest BCUT2D eigenvalue weighted by molar-refractivity contribution is 0.0691. The van der Waals surface area contributed by atoms with E-state index in [9.17, 15) is 4.79 Å². The Kier molecular flexibility index (Phi) is 1.85. The van der Waals surface area contributed by atoms with Gasteiger partial charge in [-0.25, -0.2) is 4.79 Å². The second kappa shape index (κ2) is 3.02. The van der Waals surface area contributed by atoms with Crippen LogP contribution in [0.2, 0.25) is 0 Å². The smallest absolute Gasteiger partial charge is 0.357 e. The molecule has 5 heteroatoms. The Morgan fingerprint density at radius 2 is 2.36 bits per heavy atom. The first-order chi connectivity index (χ1) is 6.70. The molecule has 0 saturated carbocycles. The number of carboxylic acid groups (broad SMARTS) is 1. The number of H-pyrrole nitrogens is 2. The van der Waals surface area contributed by atoms with E-state index >= 15 is 0 Å². The first-order valence-electron chi connectivity index (χ1n) is 4.11. The molecular formula is C9H9N3O2. The molecule has 2 aromatic heterocycles. The van der Waals surface area contributed by atoms with Gasteiger partial charge in [-0.05, 0) is 13.0 Å². The molecule has 14 heavy (non-hydrogen) atoms. The van der Waals surface area contributed by atoms with Gasteiger partial charge >= 0.3 is 5.97 Å². The average molecular weight is 191 g/mol. The van der Waals surface area contributed by atoms with E-state index in [0.717, 1.165) is 11.3 Å². The fourth-order valence-electron chi connectivity index (χ4n) is 1.42. The van der Waals surface area contributed by atoms with E-state index in [0.29, 0.717) is 5.56 Å². The maximum absolute atomic E-state index is 10.8. The van der Waals surface area contributed by atoms with E-state index in [1.165, 1.54) is 0 Å². The second-order valence-electron chi connectivity index (χ2n) is 2.98. The molecule has 0 radical (unpaired) electrons. The summed E-state index contributed by atoms with van der Waals surface area (Å²) < 4.78 is 0. The monoisotopic (exact) mass is 191 g/mol. The summed E-state index contributed by atoms with van der Waals surface area (Å²) in [5.41, 5.74) is 2.27. The summed E-state index contributed by atoms with van der Waals surface area (Å²) in [6.45, 7) is 1.79. The van der Waals surface area contributed by atoms with Gasteiger partial charge in [-0.1, -0.05) is 0 Å². The summed E-state index contributed by atoms with van der Waals surface area (Å²) >= 11 is 0. The maximum atomic E-state index is 10.8. The van der Waals surface area contributed by atoms with Gasteiger partial charge in [0.15, 0.2) is 5.69 Å². The molecule has 0 saturated heterocycles. The number of aromatic nitrogens is 3. The van der Waals surface area contributed by atoms with Crippen LogP contribution in [0.15, 0.2) is 18.5 Å². The fraction of sp³-hybridized carbons (Fsp3) is 0.111. The number of rotatable bonds is 2. The fourth-order valence-corrected chi connectivity index (χ4v) is 1.42. The van der Waals surface area contributed by atoms with Crippen LogP contribution < -0.4 is 0 Å². The van der Waals surface area contributed by atoms with Gasteiger partial charge < -0.3 is 10.1 Å². The minimum atomic E-state index is -1.02. The molecular weight excluding hydrogens is 182 g/mol. The largest absolute Gasteiger partial charge is 0.476 e. The summed E-state index contributed by atoms with van der Waals surface area (Å²) in [6, 6.07) is 1.81. The Balaban J connectivity index is 2.62. The van der Waals surface area contributed by atoms with Crippen molar-refractivity contribution in [3.05, 3.63) is 29.8 Å². The second-order valence-corrected chi connectivity index (χ2v) is 2.98. The van der Waals surface area contributed by atoms with Gasteiger partial charge in [-0.3, -0.25) is 5.10 Å². The maximum Gasteiger partial charge on any atom is 0.357 e. The quantitative estimate of drug-likeness (QED) is 0.671. The molecule has 0 spiro atoms. The predicted molar refractivity (Wildman–Crippen MR) is 50.1 cm³/mol. The highest BCUT2D eigenvalue weighted by Crippen LogP contribution is 2.24. The van der Waals surface area contributed by atoms with E-state index < -0.39 is 5.97 Å². The van der Waals surface area contributed by atoms with Crippen LogP contribution in [0.4, 0.5) is 0 Å². The van der Waals surface area contributed by atoms with E-state index in [2.05, 4.69) is 15.2 Å². The Hall–Kier alpha value is -2.04. The zero-order valence-corrected chi connectivity index (χ0v) is 7.53. The highest BCUT2D eigenvalue weighted by Gasteiger charge is 2.17. The standard InChI is InChI=1S/C9H9N3O2/c1-5-7(6-2-3-10-4-6)8(9(13)14)12-11-5/h2-4,10H,1H3,(H,11,12)(H,13,14). The van der Waals surface area contributed by atoms with E-state index in [1.807, 2.05) is 6.07 Å². The molecule has 3 N–H and O–H groups in total. The molecule has 0 aromatic carbocycles. The lowest BCUT2D eigenvalue weighted by Crippen LogP contribution is -1.98. The minimum Gasteiger partial charge on any atom is -0.476 e. The molecule has 0 bridgehead atoms. The molecule has 0 aliphatic rings. The van der Waals surface area contributed by atoms with Crippen LogP contribution in [0.1, 0.15) is 16.2 Å². The van der Waals surface area contributed by atoms with E-state index in [-0.39, 0.29) is 5.69 Å². The van der Waals surface area contributed by atoms with Gasteiger partial charge in [0.05, 0.1) is 0 Å². The number of hydrogen-bond donors (Lipinski definition) is 3. The highest BCUT2D eigenvalue weighted by atomic mass is 16.4. The number of carbonyl (C=O) groups is 1. The molecule has 0 atom stereocenters. The third-order valence-corrected chi connectivity index (χ3v) is 2.04. The molecule has 0 aliphatic carbocycles. The van der Waals surface area contributed by atoms with Crippen LogP contribution in [0.25, 0.3) is 11.1 Å². The van der Waals surface area contributed by atoms with Gasteiger partial charge in [0.2, 0.25) is 0 Å². The van der Waals surface area contributed by atoms with Gasteiger partial charge in [0.1, 0.15) is 0 Å². The van der Waals surface area contributed by atoms with Crippen LogP contribution in [-0.2, 0) is 0 Å². The van der Waals surface area contributed by atoms with Gasteiger partial charge in [0, 0.05) is 29.2 Å². The molecule has 0 unspecified atom stereocenters. The Morgan fingerprint density at radius 3 is 2.93 bits per heavy atom. The first kappa shape index (κ1) is 8.55. The van der Waals surface area contributed by atoms with Crippen molar-refractivity contribution < 1.29 is 9.90 Å². The van der Waals surface area contributed by atoms with Gasteiger partial charge in [0.25, 0.3) is 0 Å². The number of aromatic amines is 2. The predicted octanol–water partition coefficient (Wildman–Crippen LogP) is 1.41. The molecule has 0 aliphatic heterocycles. The Labute approximate surface area is 79.8 Å². The van der Waals surface area contributed by atoms with Gasteiger partial charge in [-0.2, -0.15) is 5.10 Å². The van der Waals surface area contributed by atoms with Crippen molar-refractivity contribution in [1.82, 2.24) is 15.2 Å². The SMILES string of the molecule is Cc1[nH]nc(C(=O)O)c1-c1cc[nH]c1. The lowest BCUT2D eigenvalue weighted by atomic mass is 10.1. The number of aryl methyl sites for hydroxylation is 1. The topological polar surface area (TPSA) is 81.8 Å². The number of aromatic carboxylic acids is 1. The van der Waals surface area contributed by atoms with Crippen LogP contribution >= 0.6 is 0 Å². The number of carboxylic acids is 1. The van der Waals surface area contributed by atoms with Crippen molar-refractivity contribution >= 4 is 5.97 Å². The molecule has 72 valence electrons. The lowest BCUT2D eigenvalue weighted by Gasteiger charge is -1.95. The zero-order valence-electron chi connectivity index (χ0n) is 7.53. The summed E-state index contributed by atoms with van der Waals surface area (Å²) in [5, 5.41) is 15.3. The molecule has 2 rings (SSSR count). The van der Waals surface area contributed by atoms with Crippen LogP contribution in [0.5, 0.6) is 0 Å². The summed E-state index contributed by atoms with van der Waals surface area (Å²) in [6.07, 6.45) is 3.48. The normalized spacial score (nSPS) is 10.4. The molecule has 2 aromatic rings. The number of nitrogens with zero attached hydrogens (tertiary/aromatic N) is 1. The molecule has 5 nitrogen and oxygen atoms in total. The number of hydrogen-bond acceptors (Lipinski definition) is 2. The van der Waals surface area contributed by atoms with Crippen molar-refractivity contribution in [3.63, 3.8) is 0 Å². The van der Waals surface area contributed by atoms with Crippen LogP contribution in [0, 0.1) is 6.92 Å². The van der Waals surface area contributed by atoms with Crippen LogP contribution in [0.3, 0.4) is 0 Å². The average Bonchev–Trinajstić information content (AvgIpc) is 2.71. The molecule has 0 fully saturated rings. The zero-order chi connectivity index (χ0) is 10.1. The third-order valence-electron chi connectivity index (χ3n) is 2.04. The van der Waals surface area contributed by atoms with Crippen molar-refractivity contribution in [1.29, 1.82) is 0 Å². The van der Waals surface area contributed by atoms with Crippen molar-refractivity contribution in [2.24, 2.45) is 0 Å². The van der Waals surface area contributed by atoms with Crippen LogP contribution in [-0.4, -0.2) is 26.3 Å². The minimum absolute atomic E-state index is 0.0575. The molecule has 2 heterocycles. The molecule has 0 amide bonds. The van der Waals surface area contributed by atoms with Crippen molar-refractivity contribution in [3.8, 4) is 11.1 Å². The Morgan fingerprint density at radius 1 is 1.57 bits per heavy atom. The van der Waals surface area contributed by atoms with Crippen molar-refractivity contribution in [2.75, 3.05) is 0 Å².